The van der Waals surface area contributed by atoms with Crippen molar-refractivity contribution >= 4 is 34.4 Å². The summed E-state index contributed by atoms with van der Waals surface area (Å²) in [7, 11) is 1.62. The number of nitriles is 2. The van der Waals surface area contributed by atoms with E-state index in [-0.39, 0.29) is 0 Å². The molecule has 6 rings (SSSR count). The zero-order chi connectivity index (χ0) is 26.3. The Labute approximate surface area is 227 Å². The number of methoxy groups -OCH3 is 1. The van der Waals surface area contributed by atoms with Crippen LogP contribution in [0.1, 0.15) is 11.5 Å². The molecule has 0 saturated carbocycles. The van der Waals surface area contributed by atoms with Crippen molar-refractivity contribution in [2.24, 2.45) is 15.8 Å². The normalized spacial score (nSPS) is 26.1. The van der Waals surface area contributed by atoms with Gasteiger partial charge in [0.15, 0.2) is 0 Å². The van der Waals surface area contributed by atoms with Crippen LogP contribution in [0.2, 0.25) is 0 Å². The lowest BCUT2D eigenvalue weighted by Crippen LogP contribution is -2.73. The first-order chi connectivity index (χ1) is 18.6. The summed E-state index contributed by atoms with van der Waals surface area (Å²) in [6.45, 7) is 1.56. The number of amidine groups is 1. The standard InChI is InChI=1S/C30H26N6OS/c1-37-25-15-9-8-14-24(25)26-29(16-31)18-34(22-10-4-2-5-11-22)19-30(26,17-32)28(38)36-21-35(20-33-27(29)36)23-12-6-3-7-13-23/h2-15,26H,18-21H2,1H3/t26-,29+,30+/m0/s1. The van der Waals surface area contributed by atoms with Crippen LogP contribution in [0.25, 0.3) is 0 Å². The second kappa shape index (κ2) is 9.16. The van der Waals surface area contributed by atoms with Gasteiger partial charge in [-0.1, -0.05) is 66.8 Å². The van der Waals surface area contributed by atoms with E-state index in [9.17, 15) is 10.5 Å². The number of ether oxygens (including phenoxy) is 1. The van der Waals surface area contributed by atoms with E-state index in [4.69, 9.17) is 21.9 Å². The first kappa shape index (κ1) is 24.0. The maximum Gasteiger partial charge on any atom is 0.141 e. The summed E-state index contributed by atoms with van der Waals surface area (Å²) in [4.78, 5) is 11.7. The highest BCUT2D eigenvalue weighted by Gasteiger charge is 2.68. The van der Waals surface area contributed by atoms with Crippen LogP contribution >= 0.6 is 12.2 Å². The van der Waals surface area contributed by atoms with Crippen molar-refractivity contribution in [3.8, 4) is 17.9 Å². The van der Waals surface area contributed by atoms with Gasteiger partial charge < -0.3 is 19.4 Å². The lowest BCUT2D eigenvalue weighted by atomic mass is 9.53. The molecule has 3 aromatic carbocycles. The van der Waals surface area contributed by atoms with Crippen molar-refractivity contribution in [3.05, 3.63) is 90.5 Å². The molecule has 0 N–H and O–H groups in total. The van der Waals surface area contributed by atoms with E-state index >= 15 is 0 Å². The van der Waals surface area contributed by atoms with Gasteiger partial charge in [0.2, 0.25) is 0 Å². The fourth-order valence-electron chi connectivity index (χ4n) is 6.31. The fourth-order valence-corrected chi connectivity index (χ4v) is 6.68. The Kier molecular flexibility index (Phi) is 5.78. The minimum atomic E-state index is -1.17. The molecule has 3 aromatic rings. The van der Waals surface area contributed by atoms with Gasteiger partial charge >= 0.3 is 0 Å². The fraction of sp³-hybridized carbons (Fsp3) is 0.267. The van der Waals surface area contributed by atoms with Crippen molar-refractivity contribution in [2.45, 2.75) is 5.92 Å². The van der Waals surface area contributed by atoms with Crippen LogP contribution in [0.3, 0.4) is 0 Å². The number of piperidine rings is 2. The van der Waals surface area contributed by atoms with Crippen LogP contribution in [0.4, 0.5) is 11.4 Å². The van der Waals surface area contributed by atoms with E-state index in [0.717, 1.165) is 16.9 Å². The first-order valence-corrected chi connectivity index (χ1v) is 12.9. The molecule has 0 aromatic heterocycles. The van der Waals surface area contributed by atoms with Crippen LogP contribution in [0.5, 0.6) is 5.75 Å². The lowest BCUT2D eigenvalue weighted by Gasteiger charge is -2.61. The number of thiocarbonyl (C=S) groups is 1. The molecular weight excluding hydrogens is 492 g/mol. The van der Waals surface area contributed by atoms with Gasteiger partial charge in [0.1, 0.15) is 34.1 Å². The van der Waals surface area contributed by atoms with Gasteiger partial charge in [0.05, 0.1) is 25.9 Å². The second-order valence-electron chi connectivity index (χ2n) is 9.91. The van der Waals surface area contributed by atoms with Gasteiger partial charge in [-0.25, -0.2) is 4.99 Å². The molecule has 0 unspecified atom stereocenters. The van der Waals surface area contributed by atoms with Gasteiger partial charge in [-0.3, -0.25) is 0 Å². The van der Waals surface area contributed by atoms with Gasteiger partial charge in [0, 0.05) is 35.9 Å². The third-order valence-electron chi connectivity index (χ3n) is 7.94. The number of fused-ring (bicyclic) bond motifs is 4. The number of nitrogens with zero attached hydrogens (tertiary/aromatic N) is 6. The van der Waals surface area contributed by atoms with Gasteiger partial charge in [-0.15, -0.1) is 0 Å². The second-order valence-corrected chi connectivity index (χ2v) is 10.3. The Morgan fingerprint density at radius 2 is 1.42 bits per heavy atom. The smallest absolute Gasteiger partial charge is 0.141 e. The molecule has 0 radical (unpaired) electrons. The summed E-state index contributed by atoms with van der Waals surface area (Å²) < 4.78 is 5.76. The molecule has 0 aliphatic carbocycles. The largest absolute Gasteiger partial charge is 0.496 e. The van der Waals surface area contributed by atoms with Crippen molar-refractivity contribution in [3.63, 3.8) is 0 Å². The minimum absolute atomic E-state index is 0.355. The van der Waals surface area contributed by atoms with Crippen LogP contribution in [-0.4, -0.2) is 49.3 Å². The van der Waals surface area contributed by atoms with Crippen molar-refractivity contribution in [1.29, 1.82) is 10.5 Å². The molecule has 7 nitrogen and oxygen atoms in total. The van der Waals surface area contributed by atoms with Crippen LogP contribution in [-0.2, 0) is 0 Å². The monoisotopic (exact) mass is 518 g/mol. The maximum atomic E-state index is 11.1. The topological polar surface area (TPSA) is 78.9 Å². The molecular formula is C30H26N6OS. The molecule has 0 spiro atoms. The molecule has 2 saturated heterocycles. The van der Waals surface area contributed by atoms with Gasteiger partial charge in [-0.05, 0) is 30.3 Å². The number of para-hydroxylation sites is 3. The quantitative estimate of drug-likeness (QED) is 0.459. The van der Waals surface area contributed by atoms with Crippen LogP contribution in [0.15, 0.2) is 89.9 Å². The number of benzene rings is 3. The van der Waals surface area contributed by atoms with Crippen molar-refractivity contribution in [2.75, 3.05) is 43.3 Å². The number of hydrogen-bond donors (Lipinski definition) is 0. The Balaban J connectivity index is 1.58. The number of anilines is 2. The zero-order valence-corrected chi connectivity index (χ0v) is 21.8. The zero-order valence-electron chi connectivity index (χ0n) is 21.0. The number of aliphatic imine (C=N–C) groups is 1. The molecule has 188 valence electrons. The Morgan fingerprint density at radius 3 is 2.05 bits per heavy atom. The summed E-state index contributed by atoms with van der Waals surface area (Å²) in [6.07, 6.45) is 0. The van der Waals surface area contributed by atoms with E-state index in [1.54, 1.807) is 7.11 Å². The molecule has 0 amide bonds. The number of hydrogen-bond acceptors (Lipinski definition) is 7. The molecule has 3 atom stereocenters. The summed E-state index contributed by atoms with van der Waals surface area (Å²) in [5, 5.41) is 22.1. The van der Waals surface area contributed by atoms with Crippen LogP contribution < -0.4 is 14.5 Å². The minimum Gasteiger partial charge on any atom is -0.496 e. The SMILES string of the molecule is COc1ccccc1[C@@H]1[C@@]2(C#N)CN(c3ccccc3)C[C@@]1(C#N)C1=NCN(c3ccccc3)CN1C2=S. The van der Waals surface area contributed by atoms with E-state index in [0.29, 0.717) is 43.0 Å². The first-order valence-electron chi connectivity index (χ1n) is 12.5. The average Bonchev–Trinajstić information content (AvgIpc) is 3.00. The molecule has 38 heavy (non-hydrogen) atoms. The van der Waals surface area contributed by atoms with Crippen molar-refractivity contribution < 1.29 is 4.74 Å². The molecule has 3 aliphatic rings. The van der Waals surface area contributed by atoms with E-state index < -0.39 is 16.7 Å². The van der Waals surface area contributed by atoms with E-state index in [1.165, 1.54) is 0 Å². The summed E-state index contributed by atoms with van der Waals surface area (Å²) in [5.41, 5.74) is 0.457. The third kappa shape index (κ3) is 3.38. The highest BCUT2D eigenvalue weighted by atomic mass is 32.1. The Morgan fingerprint density at radius 1 is 0.842 bits per heavy atom. The predicted octanol–water partition coefficient (Wildman–Crippen LogP) is 4.80. The highest BCUT2D eigenvalue weighted by molar-refractivity contribution is 7.80. The molecule has 2 bridgehead atoms. The summed E-state index contributed by atoms with van der Waals surface area (Å²) in [6, 6.07) is 32.9. The molecule has 3 heterocycles. The average molecular weight is 519 g/mol. The van der Waals surface area contributed by atoms with E-state index in [1.807, 2.05) is 89.8 Å². The third-order valence-corrected chi connectivity index (χ3v) is 8.53. The highest BCUT2D eigenvalue weighted by Crippen LogP contribution is 2.60. The summed E-state index contributed by atoms with van der Waals surface area (Å²) in [5.74, 6) is 0.718. The molecule has 8 heteroatoms. The molecule has 2 fully saturated rings. The lowest BCUT2D eigenvalue weighted by molar-refractivity contribution is 0.202. The van der Waals surface area contributed by atoms with E-state index in [2.05, 4.69) is 21.9 Å². The Bertz CT molecular complexity index is 1500. The van der Waals surface area contributed by atoms with Gasteiger partial charge in [-0.2, -0.15) is 10.5 Å². The predicted molar refractivity (Wildman–Crippen MR) is 151 cm³/mol. The number of rotatable bonds is 4. The van der Waals surface area contributed by atoms with Crippen molar-refractivity contribution in [1.82, 2.24) is 4.90 Å². The Hall–Kier alpha value is -4.40. The van der Waals surface area contributed by atoms with Crippen LogP contribution in [0, 0.1) is 33.5 Å². The molecule has 3 aliphatic heterocycles. The summed E-state index contributed by atoms with van der Waals surface area (Å²) >= 11 is 6.20. The maximum absolute atomic E-state index is 11.1. The van der Waals surface area contributed by atoms with Gasteiger partial charge in [0.25, 0.3) is 0 Å².